The maximum absolute atomic E-state index is 12.0. The standard InChI is InChI=1S/C14H14N2O3S/c1-8-9(2)20-14(15-8)16-13(18)11-4-6-12(7-5-11)19-10(3)17/h4-7H,1-3H3,(H,15,16,18). The van der Waals surface area contributed by atoms with Crippen LogP contribution in [0.5, 0.6) is 5.75 Å². The first kappa shape index (κ1) is 14.2. The number of ether oxygens (including phenoxy) is 1. The number of rotatable bonds is 3. The number of hydrogen-bond acceptors (Lipinski definition) is 5. The van der Waals surface area contributed by atoms with Gasteiger partial charge in [-0.3, -0.25) is 14.9 Å². The molecule has 1 N–H and O–H groups in total. The smallest absolute Gasteiger partial charge is 0.308 e. The van der Waals surface area contributed by atoms with Gasteiger partial charge in [-0.2, -0.15) is 0 Å². The molecule has 0 aliphatic heterocycles. The molecular weight excluding hydrogens is 276 g/mol. The molecule has 2 rings (SSSR count). The molecule has 0 unspecified atom stereocenters. The minimum absolute atomic E-state index is 0.242. The molecular formula is C14H14N2O3S. The van der Waals surface area contributed by atoms with E-state index < -0.39 is 5.97 Å². The zero-order chi connectivity index (χ0) is 14.7. The van der Waals surface area contributed by atoms with Gasteiger partial charge in [-0.25, -0.2) is 4.98 Å². The van der Waals surface area contributed by atoms with Crippen molar-refractivity contribution in [3.63, 3.8) is 0 Å². The van der Waals surface area contributed by atoms with Crippen LogP contribution >= 0.6 is 11.3 Å². The van der Waals surface area contributed by atoms with Gasteiger partial charge in [-0.05, 0) is 38.1 Å². The number of thiazole rings is 1. The summed E-state index contributed by atoms with van der Waals surface area (Å²) in [6.07, 6.45) is 0. The highest BCUT2D eigenvalue weighted by Gasteiger charge is 2.10. The van der Waals surface area contributed by atoms with Crippen LogP contribution in [0.2, 0.25) is 0 Å². The minimum atomic E-state index is -0.393. The lowest BCUT2D eigenvalue weighted by Gasteiger charge is -2.03. The Morgan fingerprint density at radius 1 is 1.20 bits per heavy atom. The van der Waals surface area contributed by atoms with Crippen molar-refractivity contribution in [1.29, 1.82) is 0 Å². The zero-order valence-corrected chi connectivity index (χ0v) is 12.2. The van der Waals surface area contributed by atoms with E-state index >= 15 is 0 Å². The van der Waals surface area contributed by atoms with Crippen LogP contribution in [0.4, 0.5) is 5.13 Å². The molecule has 0 fully saturated rings. The fraction of sp³-hybridized carbons (Fsp3) is 0.214. The van der Waals surface area contributed by atoms with Crippen LogP contribution in [0.3, 0.4) is 0 Å². The number of nitrogens with zero attached hydrogens (tertiary/aromatic N) is 1. The number of aryl methyl sites for hydroxylation is 2. The number of anilines is 1. The Bertz CT molecular complexity index is 627. The van der Waals surface area contributed by atoms with Gasteiger partial charge in [0.1, 0.15) is 5.75 Å². The van der Waals surface area contributed by atoms with Gasteiger partial charge in [0.2, 0.25) is 0 Å². The summed E-state index contributed by atoms with van der Waals surface area (Å²) >= 11 is 1.44. The number of carbonyl (C=O) groups excluding carboxylic acids is 2. The fourth-order valence-corrected chi connectivity index (χ4v) is 2.35. The SMILES string of the molecule is CC(=O)Oc1ccc(C(=O)Nc2nc(C)c(C)s2)cc1. The predicted molar refractivity (Wildman–Crippen MR) is 77.3 cm³/mol. The normalized spacial score (nSPS) is 10.2. The van der Waals surface area contributed by atoms with E-state index in [0.29, 0.717) is 16.4 Å². The molecule has 1 heterocycles. The molecule has 2 aromatic rings. The second-order valence-electron chi connectivity index (χ2n) is 4.23. The van der Waals surface area contributed by atoms with Crippen molar-refractivity contribution in [2.24, 2.45) is 0 Å². The Hall–Kier alpha value is -2.21. The van der Waals surface area contributed by atoms with Crippen LogP contribution in [0, 0.1) is 13.8 Å². The third kappa shape index (κ3) is 3.42. The molecule has 0 aliphatic rings. The lowest BCUT2D eigenvalue weighted by Crippen LogP contribution is -2.11. The predicted octanol–water partition coefficient (Wildman–Crippen LogP) is 2.94. The summed E-state index contributed by atoms with van der Waals surface area (Å²) in [5.74, 6) is -0.223. The molecule has 5 nitrogen and oxygen atoms in total. The molecule has 6 heteroatoms. The van der Waals surface area contributed by atoms with Crippen molar-refractivity contribution in [2.75, 3.05) is 5.32 Å². The van der Waals surface area contributed by atoms with Gasteiger partial charge in [-0.15, -0.1) is 11.3 Å². The highest BCUT2D eigenvalue weighted by atomic mass is 32.1. The summed E-state index contributed by atoms with van der Waals surface area (Å²) in [5.41, 5.74) is 1.39. The topological polar surface area (TPSA) is 68.3 Å². The van der Waals surface area contributed by atoms with Gasteiger partial charge in [0.25, 0.3) is 5.91 Å². The number of benzene rings is 1. The Morgan fingerprint density at radius 3 is 2.35 bits per heavy atom. The summed E-state index contributed by atoms with van der Waals surface area (Å²) in [6.45, 7) is 5.18. The highest BCUT2D eigenvalue weighted by molar-refractivity contribution is 7.15. The summed E-state index contributed by atoms with van der Waals surface area (Å²) in [4.78, 5) is 28.1. The molecule has 0 atom stereocenters. The number of nitrogens with one attached hydrogen (secondary N) is 1. The monoisotopic (exact) mass is 290 g/mol. The van der Waals surface area contributed by atoms with E-state index in [2.05, 4.69) is 10.3 Å². The van der Waals surface area contributed by atoms with Gasteiger partial charge < -0.3 is 4.74 Å². The summed E-state index contributed by atoms with van der Waals surface area (Å²) < 4.78 is 4.91. The van der Waals surface area contributed by atoms with Crippen molar-refractivity contribution >= 4 is 28.3 Å². The summed E-state index contributed by atoms with van der Waals surface area (Å²) in [7, 11) is 0. The Balaban J connectivity index is 2.07. The van der Waals surface area contributed by atoms with E-state index in [-0.39, 0.29) is 5.91 Å². The van der Waals surface area contributed by atoms with E-state index in [1.807, 2.05) is 13.8 Å². The first-order valence-electron chi connectivity index (χ1n) is 5.99. The molecule has 20 heavy (non-hydrogen) atoms. The van der Waals surface area contributed by atoms with E-state index in [0.717, 1.165) is 10.6 Å². The van der Waals surface area contributed by atoms with Crippen LogP contribution in [0.15, 0.2) is 24.3 Å². The van der Waals surface area contributed by atoms with Gasteiger partial charge in [0.15, 0.2) is 5.13 Å². The maximum Gasteiger partial charge on any atom is 0.308 e. The third-order valence-electron chi connectivity index (χ3n) is 2.63. The third-order valence-corrected chi connectivity index (χ3v) is 3.62. The summed E-state index contributed by atoms with van der Waals surface area (Å²) in [5, 5.41) is 3.32. The Morgan fingerprint density at radius 2 is 1.85 bits per heavy atom. The molecule has 0 saturated carbocycles. The number of carbonyl (C=O) groups is 2. The second kappa shape index (κ2) is 5.83. The van der Waals surface area contributed by atoms with Crippen LogP contribution < -0.4 is 10.1 Å². The van der Waals surface area contributed by atoms with Gasteiger partial charge in [0, 0.05) is 17.4 Å². The average molecular weight is 290 g/mol. The first-order valence-corrected chi connectivity index (χ1v) is 6.81. The molecule has 1 amide bonds. The van der Waals surface area contributed by atoms with E-state index in [1.54, 1.807) is 24.3 Å². The molecule has 1 aromatic carbocycles. The fourth-order valence-electron chi connectivity index (χ4n) is 1.54. The van der Waals surface area contributed by atoms with E-state index in [4.69, 9.17) is 4.74 Å². The lowest BCUT2D eigenvalue weighted by molar-refractivity contribution is -0.131. The number of aromatic nitrogens is 1. The number of hydrogen-bond donors (Lipinski definition) is 1. The van der Waals surface area contributed by atoms with Gasteiger partial charge in [-0.1, -0.05) is 0 Å². The Labute approximate surface area is 120 Å². The lowest BCUT2D eigenvalue weighted by atomic mass is 10.2. The quantitative estimate of drug-likeness (QED) is 0.697. The van der Waals surface area contributed by atoms with Gasteiger partial charge in [0.05, 0.1) is 5.69 Å². The first-order chi connectivity index (χ1) is 9.45. The zero-order valence-electron chi connectivity index (χ0n) is 11.4. The highest BCUT2D eigenvalue weighted by Crippen LogP contribution is 2.22. The largest absolute Gasteiger partial charge is 0.427 e. The minimum Gasteiger partial charge on any atom is -0.427 e. The van der Waals surface area contributed by atoms with Crippen molar-refractivity contribution in [3.8, 4) is 5.75 Å². The Kier molecular flexibility index (Phi) is 4.14. The van der Waals surface area contributed by atoms with Crippen molar-refractivity contribution in [3.05, 3.63) is 40.4 Å². The molecule has 104 valence electrons. The summed E-state index contributed by atoms with van der Waals surface area (Å²) in [6, 6.07) is 6.35. The van der Waals surface area contributed by atoms with Crippen molar-refractivity contribution in [1.82, 2.24) is 4.98 Å². The molecule has 0 spiro atoms. The molecule has 0 aliphatic carbocycles. The molecule has 0 bridgehead atoms. The van der Waals surface area contributed by atoms with E-state index in [1.165, 1.54) is 18.3 Å². The number of esters is 1. The van der Waals surface area contributed by atoms with Crippen LogP contribution in [0.1, 0.15) is 27.9 Å². The van der Waals surface area contributed by atoms with Crippen LogP contribution in [-0.4, -0.2) is 16.9 Å². The van der Waals surface area contributed by atoms with Crippen LogP contribution in [-0.2, 0) is 4.79 Å². The van der Waals surface area contributed by atoms with Crippen molar-refractivity contribution in [2.45, 2.75) is 20.8 Å². The molecule has 0 radical (unpaired) electrons. The van der Waals surface area contributed by atoms with Gasteiger partial charge >= 0.3 is 5.97 Å². The van der Waals surface area contributed by atoms with Crippen LogP contribution in [0.25, 0.3) is 0 Å². The molecule has 1 aromatic heterocycles. The second-order valence-corrected chi connectivity index (χ2v) is 5.44. The van der Waals surface area contributed by atoms with E-state index in [9.17, 15) is 9.59 Å². The molecule has 0 saturated heterocycles. The average Bonchev–Trinajstić information content (AvgIpc) is 2.68. The van der Waals surface area contributed by atoms with Crippen molar-refractivity contribution < 1.29 is 14.3 Å². The number of amides is 1. The maximum atomic E-state index is 12.0.